The average molecular weight is 452 g/mol. The number of amides is 3. The molecule has 0 radical (unpaired) electrons. The van der Waals surface area contributed by atoms with Crippen molar-refractivity contribution in [3.8, 4) is 0 Å². The molecule has 0 spiro atoms. The second-order valence-electron chi connectivity index (χ2n) is 7.48. The minimum Gasteiger partial charge on any atom is -0.480 e. The van der Waals surface area contributed by atoms with Crippen LogP contribution in [0, 0.1) is 0 Å². The number of hydrogen-bond donors (Lipinski definition) is 7. The molecular weight excluding hydrogens is 418 g/mol. The minimum absolute atomic E-state index is 0.120. The molecule has 0 aliphatic heterocycles. The van der Waals surface area contributed by atoms with Crippen molar-refractivity contribution in [3.63, 3.8) is 0 Å². The number of unbranched alkanes of at least 4 members (excludes halogenated alkanes) is 1. The number of aliphatic hydroxyl groups excluding tert-OH is 1. The van der Waals surface area contributed by atoms with Gasteiger partial charge in [0.2, 0.25) is 17.7 Å². The van der Waals surface area contributed by atoms with E-state index in [0.717, 1.165) is 5.56 Å². The molecule has 0 aromatic heterocycles. The van der Waals surface area contributed by atoms with E-state index in [4.69, 9.17) is 11.5 Å². The van der Waals surface area contributed by atoms with Gasteiger partial charge >= 0.3 is 5.97 Å². The normalized spacial score (nSPS) is 14.5. The Morgan fingerprint density at radius 3 is 2.22 bits per heavy atom. The first-order valence-corrected chi connectivity index (χ1v) is 10.4. The zero-order valence-corrected chi connectivity index (χ0v) is 18.1. The summed E-state index contributed by atoms with van der Waals surface area (Å²) < 4.78 is 0. The second-order valence-corrected chi connectivity index (χ2v) is 7.48. The van der Waals surface area contributed by atoms with Crippen molar-refractivity contribution in [3.05, 3.63) is 35.9 Å². The highest BCUT2D eigenvalue weighted by atomic mass is 16.4. The van der Waals surface area contributed by atoms with Crippen LogP contribution in [0.15, 0.2) is 30.3 Å². The van der Waals surface area contributed by atoms with Gasteiger partial charge in [-0.2, -0.15) is 0 Å². The fraction of sp³-hybridized carbons (Fsp3) is 0.524. The van der Waals surface area contributed by atoms with Gasteiger partial charge in [0, 0.05) is 6.42 Å². The summed E-state index contributed by atoms with van der Waals surface area (Å²) in [5.74, 6) is -3.22. The molecule has 1 rings (SSSR count). The fourth-order valence-corrected chi connectivity index (χ4v) is 2.83. The van der Waals surface area contributed by atoms with Gasteiger partial charge in [0.05, 0.1) is 12.6 Å². The highest BCUT2D eigenvalue weighted by Crippen LogP contribution is 2.06. The molecule has 0 aliphatic rings. The van der Waals surface area contributed by atoms with Crippen molar-refractivity contribution in [2.24, 2.45) is 11.5 Å². The zero-order chi connectivity index (χ0) is 24.1. The van der Waals surface area contributed by atoms with Crippen molar-refractivity contribution in [2.45, 2.75) is 56.8 Å². The predicted octanol–water partition coefficient (Wildman–Crippen LogP) is -1.76. The lowest BCUT2D eigenvalue weighted by molar-refractivity contribution is -0.142. The SMILES string of the molecule is CC(O)C(N)C(=O)NCC(=O)NC(Cc1ccccc1)C(=O)NC(CCCCN)C(=O)O. The van der Waals surface area contributed by atoms with Crippen LogP contribution in [0.4, 0.5) is 0 Å². The molecule has 0 aliphatic carbocycles. The third kappa shape index (κ3) is 9.86. The van der Waals surface area contributed by atoms with Crippen LogP contribution in [-0.4, -0.2) is 71.2 Å². The van der Waals surface area contributed by atoms with Crippen LogP contribution in [-0.2, 0) is 25.6 Å². The van der Waals surface area contributed by atoms with Crippen LogP contribution in [0.1, 0.15) is 31.7 Å². The molecule has 3 amide bonds. The number of carbonyl (C=O) groups is 4. The number of carboxylic acid groups (broad SMARTS) is 1. The van der Waals surface area contributed by atoms with Gasteiger partial charge in [-0.1, -0.05) is 30.3 Å². The number of hydrogen-bond acceptors (Lipinski definition) is 7. The van der Waals surface area contributed by atoms with Crippen molar-refractivity contribution in [1.29, 1.82) is 0 Å². The Bertz CT molecular complexity index is 758. The molecule has 1 aromatic rings. The van der Waals surface area contributed by atoms with E-state index in [0.29, 0.717) is 19.4 Å². The number of nitrogens with two attached hydrogens (primary N) is 2. The molecule has 11 heteroatoms. The molecule has 32 heavy (non-hydrogen) atoms. The summed E-state index contributed by atoms with van der Waals surface area (Å²) in [5, 5.41) is 26.0. The first-order valence-electron chi connectivity index (χ1n) is 10.4. The van der Waals surface area contributed by atoms with E-state index in [2.05, 4.69) is 16.0 Å². The Morgan fingerprint density at radius 1 is 1.00 bits per heavy atom. The number of rotatable bonds is 14. The molecule has 1 aromatic carbocycles. The van der Waals surface area contributed by atoms with E-state index in [1.165, 1.54) is 6.92 Å². The van der Waals surface area contributed by atoms with Gasteiger partial charge in [-0.05, 0) is 38.3 Å². The molecule has 0 heterocycles. The highest BCUT2D eigenvalue weighted by Gasteiger charge is 2.27. The maximum absolute atomic E-state index is 12.8. The van der Waals surface area contributed by atoms with Crippen molar-refractivity contribution in [1.82, 2.24) is 16.0 Å². The number of aliphatic carboxylic acids is 1. The highest BCUT2D eigenvalue weighted by molar-refractivity contribution is 5.92. The second kappa shape index (κ2) is 14.1. The van der Waals surface area contributed by atoms with E-state index in [-0.39, 0.29) is 12.8 Å². The van der Waals surface area contributed by atoms with E-state index < -0.39 is 54.5 Å². The average Bonchev–Trinajstić information content (AvgIpc) is 2.76. The van der Waals surface area contributed by atoms with E-state index in [9.17, 15) is 29.4 Å². The van der Waals surface area contributed by atoms with Crippen LogP contribution in [0.3, 0.4) is 0 Å². The number of benzene rings is 1. The van der Waals surface area contributed by atoms with Crippen LogP contribution < -0.4 is 27.4 Å². The third-order valence-electron chi connectivity index (χ3n) is 4.74. The topological polar surface area (TPSA) is 197 Å². The minimum atomic E-state index is -1.20. The number of aliphatic hydroxyl groups is 1. The standard InChI is InChI=1S/C21H33N5O6/c1-13(27)18(23)20(30)24-12-17(28)25-16(11-14-7-3-2-4-8-14)19(29)26-15(21(31)32)9-5-6-10-22/h2-4,7-8,13,15-16,18,27H,5-6,9-12,22-23H2,1H3,(H,24,30)(H,25,28)(H,26,29)(H,31,32). The monoisotopic (exact) mass is 451 g/mol. The molecule has 0 saturated heterocycles. The van der Waals surface area contributed by atoms with Crippen molar-refractivity contribution >= 4 is 23.7 Å². The molecule has 0 bridgehead atoms. The van der Waals surface area contributed by atoms with Crippen LogP contribution in [0.2, 0.25) is 0 Å². The van der Waals surface area contributed by atoms with Gasteiger partial charge < -0.3 is 37.6 Å². The lowest BCUT2D eigenvalue weighted by Gasteiger charge is -2.22. The summed E-state index contributed by atoms with van der Waals surface area (Å²) >= 11 is 0. The summed E-state index contributed by atoms with van der Waals surface area (Å²) in [4.78, 5) is 48.5. The summed E-state index contributed by atoms with van der Waals surface area (Å²) in [6.07, 6.45) is 0.380. The van der Waals surface area contributed by atoms with Gasteiger partial charge in [0.1, 0.15) is 18.1 Å². The summed E-state index contributed by atoms with van der Waals surface area (Å²) in [5.41, 5.74) is 11.7. The molecule has 4 atom stereocenters. The third-order valence-corrected chi connectivity index (χ3v) is 4.74. The number of carbonyl (C=O) groups excluding carboxylic acids is 3. The molecular formula is C21H33N5O6. The number of nitrogens with one attached hydrogen (secondary N) is 3. The smallest absolute Gasteiger partial charge is 0.326 e. The maximum Gasteiger partial charge on any atom is 0.326 e. The molecule has 0 fully saturated rings. The Hall–Kier alpha value is -3.02. The Kier molecular flexibility index (Phi) is 11.9. The molecule has 11 nitrogen and oxygen atoms in total. The van der Waals surface area contributed by atoms with Crippen molar-refractivity contribution in [2.75, 3.05) is 13.1 Å². The molecule has 0 saturated carbocycles. The molecule has 4 unspecified atom stereocenters. The molecule has 9 N–H and O–H groups in total. The van der Waals surface area contributed by atoms with E-state index in [1.54, 1.807) is 30.3 Å². The quantitative estimate of drug-likeness (QED) is 0.161. The van der Waals surface area contributed by atoms with Gasteiger partial charge in [-0.25, -0.2) is 4.79 Å². The summed E-state index contributed by atoms with van der Waals surface area (Å²) in [6.45, 7) is 1.30. The summed E-state index contributed by atoms with van der Waals surface area (Å²) in [7, 11) is 0. The van der Waals surface area contributed by atoms with Crippen molar-refractivity contribution < 1.29 is 29.4 Å². The lowest BCUT2D eigenvalue weighted by atomic mass is 10.0. The van der Waals surface area contributed by atoms with Gasteiger partial charge in [-0.3, -0.25) is 14.4 Å². The van der Waals surface area contributed by atoms with E-state index >= 15 is 0 Å². The largest absolute Gasteiger partial charge is 0.480 e. The molecule has 178 valence electrons. The Labute approximate surface area is 186 Å². The maximum atomic E-state index is 12.8. The Balaban J connectivity index is 2.83. The summed E-state index contributed by atoms with van der Waals surface area (Å²) in [6, 6.07) is 5.51. The van der Waals surface area contributed by atoms with Crippen LogP contribution in [0.5, 0.6) is 0 Å². The van der Waals surface area contributed by atoms with Gasteiger partial charge in [-0.15, -0.1) is 0 Å². The van der Waals surface area contributed by atoms with Gasteiger partial charge in [0.15, 0.2) is 0 Å². The van der Waals surface area contributed by atoms with Crippen LogP contribution in [0.25, 0.3) is 0 Å². The number of carboxylic acids is 1. The van der Waals surface area contributed by atoms with Crippen LogP contribution >= 0.6 is 0 Å². The Morgan fingerprint density at radius 2 is 1.66 bits per heavy atom. The zero-order valence-electron chi connectivity index (χ0n) is 18.1. The lowest BCUT2D eigenvalue weighted by Crippen LogP contribution is -2.55. The first kappa shape index (κ1) is 27.0. The fourth-order valence-electron chi connectivity index (χ4n) is 2.83. The van der Waals surface area contributed by atoms with E-state index in [1.807, 2.05) is 0 Å². The van der Waals surface area contributed by atoms with Gasteiger partial charge in [0.25, 0.3) is 0 Å². The predicted molar refractivity (Wildman–Crippen MR) is 117 cm³/mol. The first-order chi connectivity index (χ1) is 15.1.